The molecule has 4 rings (SSSR count). The second kappa shape index (κ2) is 11.0. The predicted molar refractivity (Wildman–Crippen MR) is 129 cm³/mol. The van der Waals surface area contributed by atoms with Gasteiger partial charge in [-0.25, -0.2) is 4.98 Å². The van der Waals surface area contributed by atoms with Crippen LogP contribution in [-0.2, 0) is 11.3 Å². The Kier molecular flexibility index (Phi) is 7.61. The summed E-state index contributed by atoms with van der Waals surface area (Å²) in [6.45, 7) is 5.12. The van der Waals surface area contributed by atoms with Gasteiger partial charge in [0.2, 0.25) is 0 Å². The summed E-state index contributed by atoms with van der Waals surface area (Å²) in [5.41, 5.74) is 7.45. The monoisotopic (exact) mass is 480 g/mol. The number of hydrogen-bond acceptors (Lipinski definition) is 6. The normalized spacial score (nSPS) is 13.3. The van der Waals surface area contributed by atoms with Crippen molar-refractivity contribution >= 4 is 29.2 Å². The summed E-state index contributed by atoms with van der Waals surface area (Å²) < 4.78 is 11.1. The van der Waals surface area contributed by atoms with Crippen LogP contribution in [0.3, 0.4) is 0 Å². The van der Waals surface area contributed by atoms with Gasteiger partial charge < -0.3 is 14.4 Å². The van der Waals surface area contributed by atoms with Crippen LogP contribution < -0.4 is 20.5 Å². The van der Waals surface area contributed by atoms with Crippen LogP contribution in [0.2, 0.25) is 5.02 Å². The molecule has 3 aromatic rings. The molecule has 0 bridgehead atoms. The van der Waals surface area contributed by atoms with Gasteiger partial charge in [-0.2, -0.15) is 0 Å². The van der Waals surface area contributed by atoms with Crippen LogP contribution in [0, 0.1) is 6.92 Å². The SMILES string of the molecule is Cc1cc(OCc2ccc(C(=O)NNC(=O)c3ccc(N4CCOCC4)nc3)cc2)ccc1Cl. The van der Waals surface area contributed by atoms with E-state index in [9.17, 15) is 9.59 Å². The van der Waals surface area contributed by atoms with Crippen LogP contribution in [0.4, 0.5) is 5.82 Å². The van der Waals surface area contributed by atoms with Crippen molar-refractivity contribution in [1.29, 1.82) is 0 Å². The van der Waals surface area contributed by atoms with Crippen LogP contribution in [0.15, 0.2) is 60.8 Å². The van der Waals surface area contributed by atoms with E-state index in [1.165, 1.54) is 6.20 Å². The molecule has 2 N–H and O–H groups in total. The van der Waals surface area contributed by atoms with Crippen molar-refractivity contribution in [3.8, 4) is 5.75 Å². The molecule has 1 fully saturated rings. The maximum atomic E-state index is 12.4. The highest BCUT2D eigenvalue weighted by molar-refractivity contribution is 6.31. The molecule has 176 valence electrons. The lowest BCUT2D eigenvalue weighted by Gasteiger charge is -2.27. The Morgan fingerprint density at radius 3 is 2.32 bits per heavy atom. The summed E-state index contributed by atoms with van der Waals surface area (Å²) in [4.78, 5) is 31.2. The number of ether oxygens (including phenoxy) is 2. The number of morpholine rings is 1. The summed E-state index contributed by atoms with van der Waals surface area (Å²) in [6.07, 6.45) is 1.49. The average Bonchev–Trinajstić information content (AvgIpc) is 2.88. The van der Waals surface area contributed by atoms with Gasteiger partial charge in [-0.15, -0.1) is 0 Å². The number of aromatic nitrogens is 1. The van der Waals surface area contributed by atoms with E-state index in [0.717, 1.165) is 35.8 Å². The lowest BCUT2D eigenvalue weighted by atomic mass is 10.1. The quantitative estimate of drug-likeness (QED) is 0.524. The van der Waals surface area contributed by atoms with Crippen molar-refractivity contribution < 1.29 is 19.1 Å². The third-order valence-corrected chi connectivity index (χ3v) is 5.81. The zero-order valence-electron chi connectivity index (χ0n) is 18.7. The topological polar surface area (TPSA) is 92.8 Å². The Bertz CT molecular complexity index is 1150. The number of anilines is 1. The molecule has 1 aliphatic heterocycles. The largest absolute Gasteiger partial charge is 0.489 e. The number of hydrogen-bond donors (Lipinski definition) is 2. The summed E-state index contributed by atoms with van der Waals surface area (Å²) >= 11 is 6.03. The Balaban J connectivity index is 1.26. The second-order valence-electron chi connectivity index (χ2n) is 7.81. The van der Waals surface area contributed by atoms with E-state index in [2.05, 4.69) is 20.7 Å². The first-order valence-corrected chi connectivity index (χ1v) is 11.2. The number of rotatable bonds is 6. The second-order valence-corrected chi connectivity index (χ2v) is 8.22. The molecular formula is C25H25ClN4O4. The van der Waals surface area contributed by atoms with Gasteiger partial charge >= 0.3 is 0 Å². The molecule has 0 unspecified atom stereocenters. The van der Waals surface area contributed by atoms with Crippen molar-refractivity contribution in [2.75, 3.05) is 31.2 Å². The van der Waals surface area contributed by atoms with Gasteiger partial charge in [-0.3, -0.25) is 20.4 Å². The highest BCUT2D eigenvalue weighted by Gasteiger charge is 2.14. The fourth-order valence-corrected chi connectivity index (χ4v) is 3.50. The van der Waals surface area contributed by atoms with Crippen molar-refractivity contribution in [1.82, 2.24) is 15.8 Å². The van der Waals surface area contributed by atoms with Gasteiger partial charge in [-0.1, -0.05) is 23.7 Å². The van der Waals surface area contributed by atoms with Crippen molar-refractivity contribution in [2.45, 2.75) is 13.5 Å². The fourth-order valence-electron chi connectivity index (χ4n) is 3.38. The summed E-state index contributed by atoms with van der Waals surface area (Å²) in [5.74, 6) is 0.641. The molecule has 0 aliphatic carbocycles. The third kappa shape index (κ3) is 6.03. The molecule has 1 aromatic heterocycles. The first-order chi connectivity index (χ1) is 16.5. The zero-order chi connectivity index (χ0) is 23.9. The molecular weight excluding hydrogens is 456 g/mol. The van der Waals surface area contributed by atoms with Gasteiger partial charge in [-0.05, 0) is 60.5 Å². The number of nitrogens with one attached hydrogen (secondary N) is 2. The summed E-state index contributed by atoms with van der Waals surface area (Å²) in [5, 5.41) is 0.691. The van der Waals surface area contributed by atoms with Crippen LogP contribution in [0.25, 0.3) is 0 Å². The van der Waals surface area contributed by atoms with Gasteiger partial charge in [0.25, 0.3) is 11.8 Å². The molecule has 1 saturated heterocycles. The Hall–Kier alpha value is -3.62. The number of amides is 2. The van der Waals surface area contributed by atoms with Gasteiger partial charge in [0, 0.05) is 29.9 Å². The standard InChI is InChI=1S/C25H25ClN4O4/c1-17-14-21(7-8-22(17)26)34-16-18-2-4-19(5-3-18)24(31)28-29-25(32)20-6-9-23(27-15-20)30-10-12-33-13-11-30/h2-9,14-15H,10-13,16H2,1H3,(H,28,31)(H,29,32). The third-order valence-electron chi connectivity index (χ3n) is 5.39. The molecule has 8 nitrogen and oxygen atoms in total. The van der Waals surface area contributed by atoms with E-state index >= 15 is 0 Å². The smallest absolute Gasteiger partial charge is 0.271 e. The number of aryl methyl sites for hydroxylation is 1. The maximum absolute atomic E-state index is 12.4. The minimum Gasteiger partial charge on any atom is -0.489 e. The molecule has 0 atom stereocenters. The van der Waals surface area contributed by atoms with Crippen molar-refractivity contribution in [3.63, 3.8) is 0 Å². The number of nitrogens with zero attached hydrogens (tertiary/aromatic N) is 2. The highest BCUT2D eigenvalue weighted by Crippen LogP contribution is 2.22. The number of carbonyl (C=O) groups is 2. The fraction of sp³-hybridized carbons (Fsp3) is 0.240. The maximum Gasteiger partial charge on any atom is 0.271 e. The van der Waals surface area contributed by atoms with E-state index in [1.54, 1.807) is 42.5 Å². The number of carbonyl (C=O) groups excluding carboxylic acids is 2. The number of hydrazine groups is 1. The first-order valence-electron chi connectivity index (χ1n) is 10.9. The Morgan fingerprint density at radius 1 is 1.00 bits per heavy atom. The molecule has 1 aliphatic rings. The first kappa shape index (κ1) is 23.5. The number of halogens is 1. The van der Waals surface area contributed by atoms with E-state index < -0.39 is 11.8 Å². The van der Waals surface area contributed by atoms with E-state index in [-0.39, 0.29) is 0 Å². The lowest BCUT2D eigenvalue weighted by Crippen LogP contribution is -2.41. The molecule has 9 heteroatoms. The molecule has 0 spiro atoms. The van der Waals surface area contributed by atoms with Gasteiger partial charge in [0.05, 0.1) is 18.8 Å². The Labute approximate surface area is 202 Å². The van der Waals surface area contributed by atoms with E-state index in [4.69, 9.17) is 21.1 Å². The number of pyridine rings is 1. The minimum atomic E-state index is -0.447. The molecule has 0 radical (unpaired) electrons. The summed E-state index contributed by atoms with van der Waals surface area (Å²) in [7, 11) is 0. The predicted octanol–water partition coefficient (Wildman–Crippen LogP) is 3.53. The van der Waals surface area contributed by atoms with Crippen LogP contribution in [0.5, 0.6) is 5.75 Å². The zero-order valence-corrected chi connectivity index (χ0v) is 19.5. The lowest BCUT2D eigenvalue weighted by molar-refractivity contribution is 0.0846. The van der Waals surface area contributed by atoms with Crippen LogP contribution in [-0.4, -0.2) is 43.1 Å². The van der Waals surface area contributed by atoms with Crippen molar-refractivity contribution in [3.05, 3.63) is 88.1 Å². The summed E-state index contributed by atoms with van der Waals surface area (Å²) in [6, 6.07) is 15.9. The average molecular weight is 481 g/mol. The van der Waals surface area contributed by atoms with Crippen molar-refractivity contribution in [2.24, 2.45) is 0 Å². The number of benzene rings is 2. The molecule has 0 saturated carbocycles. The van der Waals surface area contributed by atoms with Gasteiger partial charge in [0.1, 0.15) is 18.2 Å². The van der Waals surface area contributed by atoms with Crippen LogP contribution >= 0.6 is 11.6 Å². The molecule has 2 heterocycles. The highest BCUT2D eigenvalue weighted by atomic mass is 35.5. The molecule has 34 heavy (non-hydrogen) atoms. The van der Waals surface area contributed by atoms with E-state index in [1.807, 2.05) is 19.1 Å². The molecule has 2 aromatic carbocycles. The van der Waals surface area contributed by atoms with Gasteiger partial charge in [0.15, 0.2) is 0 Å². The van der Waals surface area contributed by atoms with E-state index in [0.29, 0.717) is 36.0 Å². The van der Waals surface area contributed by atoms with Crippen LogP contribution in [0.1, 0.15) is 31.8 Å². The minimum absolute atomic E-state index is 0.349. The Morgan fingerprint density at radius 2 is 1.68 bits per heavy atom. The molecule has 2 amide bonds.